The van der Waals surface area contributed by atoms with Crippen molar-refractivity contribution < 1.29 is 4.84 Å². The Hall–Kier alpha value is -2.41. The van der Waals surface area contributed by atoms with Gasteiger partial charge in [-0.3, -0.25) is 9.78 Å². The van der Waals surface area contributed by atoms with E-state index in [1.54, 1.807) is 6.07 Å². The lowest BCUT2D eigenvalue weighted by molar-refractivity contribution is 0.0947. The minimum Gasteiger partial charge on any atom is -0.403 e. The lowest BCUT2D eigenvalue weighted by Gasteiger charge is -2.10. The molecule has 21 heavy (non-hydrogen) atoms. The van der Waals surface area contributed by atoms with E-state index in [4.69, 9.17) is 4.84 Å². The number of fused-ring (bicyclic) bond motifs is 1. The van der Waals surface area contributed by atoms with Gasteiger partial charge in [0.1, 0.15) is 6.61 Å². The fourth-order valence-corrected chi connectivity index (χ4v) is 2.24. The lowest BCUT2D eigenvalue weighted by Crippen LogP contribution is -2.34. The zero-order valence-corrected chi connectivity index (χ0v) is 12.3. The van der Waals surface area contributed by atoms with Crippen molar-refractivity contribution in [2.75, 3.05) is 0 Å². The molecular formula is C14H10BrN3O3. The molecule has 106 valence electrons. The van der Waals surface area contributed by atoms with Crippen molar-refractivity contribution >= 4 is 27.0 Å². The number of aromatic amines is 1. The summed E-state index contributed by atoms with van der Waals surface area (Å²) in [5, 5.41) is 0.275. The Morgan fingerprint density at radius 2 is 2.00 bits per heavy atom. The minimum absolute atomic E-state index is 0.183. The second kappa shape index (κ2) is 5.53. The molecule has 0 atom stereocenters. The van der Waals surface area contributed by atoms with Gasteiger partial charge in [-0.1, -0.05) is 30.3 Å². The summed E-state index contributed by atoms with van der Waals surface area (Å²) in [5.74, 6) is 0. The topological polar surface area (TPSA) is 77.0 Å². The largest absolute Gasteiger partial charge is 0.403 e. The van der Waals surface area contributed by atoms with Gasteiger partial charge in [0.2, 0.25) is 0 Å². The third-order valence-electron chi connectivity index (χ3n) is 2.88. The van der Waals surface area contributed by atoms with Gasteiger partial charge in [0.15, 0.2) is 5.65 Å². The van der Waals surface area contributed by atoms with E-state index in [-0.39, 0.29) is 17.6 Å². The molecular weight excluding hydrogens is 338 g/mol. The Kier molecular flexibility index (Phi) is 3.57. The number of nitrogens with zero attached hydrogens (tertiary/aromatic N) is 2. The number of benzene rings is 1. The zero-order chi connectivity index (χ0) is 14.8. The highest BCUT2D eigenvalue weighted by Gasteiger charge is 2.10. The van der Waals surface area contributed by atoms with Gasteiger partial charge in [-0.25, -0.2) is 9.78 Å². The summed E-state index contributed by atoms with van der Waals surface area (Å²) in [4.78, 5) is 35.5. The maximum atomic E-state index is 11.9. The van der Waals surface area contributed by atoms with E-state index in [0.29, 0.717) is 4.47 Å². The molecule has 0 saturated carbocycles. The highest BCUT2D eigenvalue weighted by atomic mass is 79.9. The molecule has 0 bridgehead atoms. The maximum Gasteiger partial charge on any atom is 0.363 e. The fraction of sp³-hybridized carbons (Fsp3) is 0.0714. The predicted molar refractivity (Wildman–Crippen MR) is 81.0 cm³/mol. The van der Waals surface area contributed by atoms with Crippen molar-refractivity contribution in [3.8, 4) is 0 Å². The van der Waals surface area contributed by atoms with Crippen molar-refractivity contribution in [2.24, 2.45) is 0 Å². The van der Waals surface area contributed by atoms with E-state index in [1.807, 2.05) is 30.3 Å². The Labute approximate surface area is 127 Å². The molecule has 0 spiro atoms. The number of aromatic nitrogens is 3. The van der Waals surface area contributed by atoms with Gasteiger partial charge in [-0.2, -0.15) is 0 Å². The van der Waals surface area contributed by atoms with Gasteiger partial charge in [0, 0.05) is 10.7 Å². The molecule has 1 aromatic carbocycles. The Balaban J connectivity index is 2.06. The molecule has 0 aliphatic heterocycles. The van der Waals surface area contributed by atoms with Crippen molar-refractivity contribution in [1.29, 1.82) is 0 Å². The highest BCUT2D eigenvalue weighted by molar-refractivity contribution is 9.10. The first-order chi connectivity index (χ1) is 10.1. The van der Waals surface area contributed by atoms with Crippen LogP contribution in [0.1, 0.15) is 5.56 Å². The van der Waals surface area contributed by atoms with Crippen LogP contribution in [0.25, 0.3) is 11.0 Å². The third-order valence-corrected chi connectivity index (χ3v) is 3.31. The first-order valence-corrected chi connectivity index (χ1v) is 6.92. The van der Waals surface area contributed by atoms with E-state index in [9.17, 15) is 9.59 Å². The SMILES string of the molecule is O=c1[nH]c(=O)n(OCc2ccccc2)c2ncc(Br)cc12. The van der Waals surface area contributed by atoms with Gasteiger partial charge in [-0.05, 0) is 27.6 Å². The minimum atomic E-state index is -0.654. The molecule has 3 aromatic rings. The van der Waals surface area contributed by atoms with Gasteiger partial charge in [-0.15, -0.1) is 4.73 Å². The summed E-state index contributed by atoms with van der Waals surface area (Å²) >= 11 is 3.24. The average molecular weight is 348 g/mol. The van der Waals surface area contributed by atoms with E-state index in [2.05, 4.69) is 25.9 Å². The molecule has 0 saturated heterocycles. The van der Waals surface area contributed by atoms with Crippen LogP contribution < -0.4 is 16.1 Å². The molecule has 3 rings (SSSR count). The predicted octanol–water partition coefficient (Wildman–Crippen LogP) is 1.48. The second-order valence-electron chi connectivity index (χ2n) is 4.34. The summed E-state index contributed by atoms with van der Waals surface area (Å²) in [5.41, 5.74) is -0.0645. The fourth-order valence-electron chi connectivity index (χ4n) is 1.91. The molecule has 2 heterocycles. The monoisotopic (exact) mass is 347 g/mol. The summed E-state index contributed by atoms with van der Waals surface area (Å²) in [7, 11) is 0. The summed E-state index contributed by atoms with van der Waals surface area (Å²) in [6.07, 6.45) is 1.50. The van der Waals surface area contributed by atoms with Gasteiger partial charge in [0.25, 0.3) is 5.56 Å². The quantitative estimate of drug-likeness (QED) is 0.778. The van der Waals surface area contributed by atoms with Crippen LogP contribution >= 0.6 is 15.9 Å². The molecule has 0 amide bonds. The molecule has 1 N–H and O–H groups in total. The molecule has 0 radical (unpaired) electrons. The molecule has 6 nitrogen and oxygen atoms in total. The number of H-pyrrole nitrogens is 1. The van der Waals surface area contributed by atoms with Gasteiger partial charge < -0.3 is 4.84 Å². The number of halogens is 1. The third kappa shape index (κ3) is 2.73. The lowest BCUT2D eigenvalue weighted by atomic mass is 10.2. The molecule has 0 aliphatic rings. The smallest absolute Gasteiger partial charge is 0.363 e. The average Bonchev–Trinajstić information content (AvgIpc) is 2.48. The summed E-state index contributed by atoms with van der Waals surface area (Å²) in [6.45, 7) is 0.194. The molecule has 0 aliphatic carbocycles. The van der Waals surface area contributed by atoms with Crippen molar-refractivity contribution in [3.05, 3.63) is 73.5 Å². The van der Waals surface area contributed by atoms with Crippen molar-refractivity contribution in [2.45, 2.75) is 6.61 Å². The van der Waals surface area contributed by atoms with Crippen molar-refractivity contribution in [3.63, 3.8) is 0 Å². The van der Waals surface area contributed by atoms with Crippen LogP contribution in [-0.2, 0) is 6.61 Å². The number of nitrogens with one attached hydrogen (secondary N) is 1. The van der Waals surface area contributed by atoms with E-state index < -0.39 is 11.2 Å². The number of hydrogen-bond donors (Lipinski definition) is 1. The Morgan fingerprint density at radius 1 is 1.24 bits per heavy atom. The van der Waals surface area contributed by atoms with Crippen LogP contribution in [0.5, 0.6) is 0 Å². The van der Waals surface area contributed by atoms with Gasteiger partial charge in [0.05, 0.1) is 5.39 Å². The van der Waals surface area contributed by atoms with Crippen LogP contribution in [0.4, 0.5) is 0 Å². The van der Waals surface area contributed by atoms with Crippen LogP contribution in [0, 0.1) is 0 Å². The van der Waals surface area contributed by atoms with Crippen LogP contribution in [0.3, 0.4) is 0 Å². The van der Waals surface area contributed by atoms with Crippen molar-refractivity contribution in [1.82, 2.24) is 14.7 Å². The number of pyridine rings is 1. The Bertz CT molecular complexity index is 903. The standard InChI is InChI=1S/C14H10BrN3O3/c15-10-6-11-12(16-7-10)18(14(20)17-13(11)19)21-8-9-4-2-1-3-5-9/h1-7H,8H2,(H,17,19,20). The maximum absolute atomic E-state index is 11.9. The molecule has 0 unspecified atom stereocenters. The summed E-state index contributed by atoms with van der Waals surface area (Å²) in [6, 6.07) is 11.0. The Morgan fingerprint density at radius 3 is 2.76 bits per heavy atom. The second-order valence-corrected chi connectivity index (χ2v) is 5.25. The number of rotatable bonds is 3. The van der Waals surface area contributed by atoms with E-state index in [0.717, 1.165) is 10.3 Å². The van der Waals surface area contributed by atoms with Crippen LogP contribution in [0.15, 0.2) is 56.7 Å². The zero-order valence-electron chi connectivity index (χ0n) is 10.7. The summed E-state index contributed by atoms with van der Waals surface area (Å²) < 4.78 is 1.64. The first kappa shape index (κ1) is 13.6. The first-order valence-electron chi connectivity index (χ1n) is 6.13. The number of hydrogen-bond acceptors (Lipinski definition) is 4. The van der Waals surface area contributed by atoms with E-state index >= 15 is 0 Å². The molecule has 2 aromatic heterocycles. The van der Waals surface area contributed by atoms with Crippen LogP contribution in [0.2, 0.25) is 0 Å². The van der Waals surface area contributed by atoms with Crippen LogP contribution in [-0.4, -0.2) is 14.7 Å². The normalized spacial score (nSPS) is 10.7. The van der Waals surface area contributed by atoms with E-state index in [1.165, 1.54) is 6.20 Å². The van der Waals surface area contributed by atoms with Gasteiger partial charge >= 0.3 is 5.69 Å². The molecule has 0 fully saturated rings. The highest BCUT2D eigenvalue weighted by Crippen LogP contribution is 2.12. The molecule has 7 heteroatoms.